The molecule has 7 heteroatoms. The molecule has 0 aromatic carbocycles. The number of nitrogens with zero attached hydrogens (tertiary/aromatic N) is 4. The number of aryl methyl sites for hydroxylation is 1. The Bertz CT molecular complexity index is 695. The van der Waals surface area contributed by atoms with Crippen LogP contribution < -0.4 is 5.32 Å². The van der Waals surface area contributed by atoms with E-state index < -0.39 is 0 Å². The fourth-order valence-electron chi connectivity index (χ4n) is 2.03. The maximum Gasteiger partial charge on any atom is 0.257 e. The summed E-state index contributed by atoms with van der Waals surface area (Å²) in [4.78, 5) is 12.3. The first-order chi connectivity index (χ1) is 9.75. The van der Waals surface area contributed by atoms with E-state index in [0.29, 0.717) is 12.1 Å². The summed E-state index contributed by atoms with van der Waals surface area (Å²) in [5, 5.41) is 13.6. The lowest BCUT2D eigenvalue weighted by atomic mass is 10.3. The lowest BCUT2D eigenvalue weighted by molar-refractivity contribution is 0.0950. The SMILES string of the molecule is Cn1ncc(C(=O)NCc2ccn[nH]2)c1-n1cccc1. The monoisotopic (exact) mass is 270 g/mol. The van der Waals surface area contributed by atoms with Crippen LogP contribution in [0.1, 0.15) is 16.1 Å². The van der Waals surface area contributed by atoms with Gasteiger partial charge in [0, 0.05) is 25.6 Å². The molecular formula is C13H14N6O. The molecule has 3 aromatic heterocycles. The molecule has 0 spiro atoms. The smallest absolute Gasteiger partial charge is 0.257 e. The molecule has 0 aliphatic rings. The van der Waals surface area contributed by atoms with Crippen LogP contribution in [-0.2, 0) is 13.6 Å². The van der Waals surface area contributed by atoms with Crippen LogP contribution in [0.5, 0.6) is 0 Å². The van der Waals surface area contributed by atoms with Crippen LogP contribution in [0.2, 0.25) is 0 Å². The van der Waals surface area contributed by atoms with Crippen LogP contribution in [0.3, 0.4) is 0 Å². The number of amides is 1. The highest BCUT2D eigenvalue weighted by Crippen LogP contribution is 2.13. The molecule has 3 rings (SSSR count). The van der Waals surface area contributed by atoms with Gasteiger partial charge in [0.2, 0.25) is 0 Å². The van der Waals surface area contributed by atoms with Crippen molar-refractivity contribution in [3.05, 3.63) is 54.2 Å². The summed E-state index contributed by atoms with van der Waals surface area (Å²) in [5.74, 6) is 0.563. The number of aromatic nitrogens is 5. The molecule has 3 aromatic rings. The van der Waals surface area contributed by atoms with Gasteiger partial charge in [-0.1, -0.05) is 0 Å². The van der Waals surface area contributed by atoms with Crippen LogP contribution in [0.15, 0.2) is 43.0 Å². The molecule has 1 amide bonds. The fraction of sp³-hybridized carbons (Fsp3) is 0.154. The Kier molecular flexibility index (Phi) is 3.08. The molecule has 0 saturated carbocycles. The first-order valence-electron chi connectivity index (χ1n) is 6.17. The van der Waals surface area contributed by atoms with Crippen LogP contribution in [0.4, 0.5) is 0 Å². The van der Waals surface area contributed by atoms with Crippen molar-refractivity contribution in [1.82, 2.24) is 29.9 Å². The maximum atomic E-state index is 12.3. The summed E-state index contributed by atoms with van der Waals surface area (Å²) in [7, 11) is 1.81. The number of nitrogens with one attached hydrogen (secondary N) is 2. The molecule has 0 aliphatic heterocycles. The lowest BCUT2D eigenvalue weighted by Gasteiger charge is -2.07. The van der Waals surface area contributed by atoms with Gasteiger partial charge in [-0.25, -0.2) is 0 Å². The number of H-pyrrole nitrogens is 1. The molecule has 0 fully saturated rings. The van der Waals surface area contributed by atoms with E-state index in [0.717, 1.165) is 11.5 Å². The molecular weight excluding hydrogens is 256 g/mol. The van der Waals surface area contributed by atoms with Crippen molar-refractivity contribution < 1.29 is 4.79 Å². The third-order valence-electron chi connectivity index (χ3n) is 3.00. The van der Waals surface area contributed by atoms with Crippen LogP contribution in [-0.4, -0.2) is 30.5 Å². The van der Waals surface area contributed by atoms with Gasteiger partial charge >= 0.3 is 0 Å². The average molecular weight is 270 g/mol. The van der Waals surface area contributed by atoms with Crippen molar-refractivity contribution in [2.45, 2.75) is 6.54 Å². The molecule has 0 radical (unpaired) electrons. The Balaban J connectivity index is 1.82. The lowest BCUT2D eigenvalue weighted by Crippen LogP contribution is -2.24. The molecule has 2 N–H and O–H groups in total. The van der Waals surface area contributed by atoms with Gasteiger partial charge in [-0.05, 0) is 18.2 Å². The maximum absolute atomic E-state index is 12.3. The summed E-state index contributed by atoms with van der Waals surface area (Å²) in [5.41, 5.74) is 1.38. The zero-order valence-corrected chi connectivity index (χ0v) is 10.9. The third-order valence-corrected chi connectivity index (χ3v) is 3.00. The second-order valence-electron chi connectivity index (χ2n) is 4.36. The topological polar surface area (TPSA) is 80.5 Å². The molecule has 20 heavy (non-hydrogen) atoms. The average Bonchev–Trinajstić information content (AvgIpc) is 3.17. The summed E-state index contributed by atoms with van der Waals surface area (Å²) < 4.78 is 3.53. The molecule has 102 valence electrons. The van der Waals surface area contributed by atoms with E-state index in [1.54, 1.807) is 24.1 Å². The van der Waals surface area contributed by atoms with E-state index in [1.165, 1.54) is 0 Å². The minimum absolute atomic E-state index is 0.170. The largest absolute Gasteiger partial charge is 0.346 e. The van der Waals surface area contributed by atoms with Gasteiger partial charge in [0.05, 0.1) is 18.4 Å². The van der Waals surface area contributed by atoms with Crippen molar-refractivity contribution in [3.63, 3.8) is 0 Å². The van der Waals surface area contributed by atoms with Gasteiger partial charge in [-0.2, -0.15) is 10.2 Å². The number of hydrogen-bond donors (Lipinski definition) is 2. The Morgan fingerprint density at radius 2 is 2.20 bits per heavy atom. The van der Waals surface area contributed by atoms with Gasteiger partial charge in [0.15, 0.2) is 0 Å². The number of hydrogen-bond acceptors (Lipinski definition) is 3. The highest BCUT2D eigenvalue weighted by Gasteiger charge is 2.17. The normalized spacial score (nSPS) is 10.7. The highest BCUT2D eigenvalue weighted by atomic mass is 16.1. The summed E-state index contributed by atoms with van der Waals surface area (Å²) in [6.45, 7) is 0.402. The van der Waals surface area contributed by atoms with Gasteiger partial charge in [0.25, 0.3) is 5.91 Å². The van der Waals surface area contributed by atoms with Gasteiger partial charge in [-0.3, -0.25) is 14.6 Å². The summed E-state index contributed by atoms with van der Waals surface area (Å²) in [6.07, 6.45) is 6.97. The first kappa shape index (κ1) is 12.2. The number of rotatable bonds is 4. The summed E-state index contributed by atoms with van der Waals surface area (Å²) in [6, 6.07) is 5.62. The first-order valence-corrected chi connectivity index (χ1v) is 6.17. The quantitative estimate of drug-likeness (QED) is 0.738. The van der Waals surface area contributed by atoms with Gasteiger partial charge in [-0.15, -0.1) is 0 Å². The minimum atomic E-state index is -0.170. The molecule has 0 unspecified atom stereocenters. The Labute approximate surface area is 115 Å². The van der Waals surface area contributed by atoms with Crippen molar-refractivity contribution in [3.8, 4) is 5.82 Å². The van der Waals surface area contributed by atoms with E-state index in [2.05, 4.69) is 20.6 Å². The number of carbonyl (C=O) groups excluding carboxylic acids is 1. The highest BCUT2D eigenvalue weighted by molar-refractivity contribution is 5.97. The van der Waals surface area contributed by atoms with Crippen LogP contribution in [0, 0.1) is 0 Å². The predicted molar refractivity (Wildman–Crippen MR) is 72.3 cm³/mol. The van der Waals surface area contributed by atoms with E-state index in [4.69, 9.17) is 0 Å². The van der Waals surface area contributed by atoms with Gasteiger partial charge in [0.1, 0.15) is 11.4 Å². The van der Waals surface area contributed by atoms with Crippen LogP contribution >= 0.6 is 0 Å². The van der Waals surface area contributed by atoms with Crippen LogP contribution in [0.25, 0.3) is 5.82 Å². The predicted octanol–water partition coefficient (Wildman–Crippen LogP) is 0.864. The Hall–Kier alpha value is -2.83. The molecule has 3 heterocycles. The zero-order chi connectivity index (χ0) is 13.9. The van der Waals surface area contributed by atoms with E-state index in [9.17, 15) is 4.79 Å². The summed E-state index contributed by atoms with van der Waals surface area (Å²) >= 11 is 0. The van der Waals surface area contributed by atoms with Crippen molar-refractivity contribution in [1.29, 1.82) is 0 Å². The van der Waals surface area contributed by atoms with E-state index in [1.807, 2.05) is 35.2 Å². The van der Waals surface area contributed by atoms with Gasteiger partial charge < -0.3 is 9.88 Å². The molecule has 0 aliphatic carbocycles. The Morgan fingerprint density at radius 3 is 2.90 bits per heavy atom. The molecule has 0 atom stereocenters. The number of carbonyl (C=O) groups is 1. The second kappa shape index (κ2) is 5.04. The van der Waals surface area contributed by atoms with E-state index >= 15 is 0 Å². The molecule has 0 saturated heterocycles. The second-order valence-corrected chi connectivity index (χ2v) is 4.36. The van der Waals surface area contributed by atoms with Crippen molar-refractivity contribution in [2.24, 2.45) is 7.05 Å². The Morgan fingerprint density at radius 1 is 1.40 bits per heavy atom. The standard InChI is InChI=1S/C13H14N6O/c1-18-13(19-6-2-3-7-19)11(9-16-18)12(20)14-8-10-4-5-15-17-10/h2-7,9H,8H2,1H3,(H,14,20)(H,15,17). The fourth-order valence-corrected chi connectivity index (χ4v) is 2.03. The minimum Gasteiger partial charge on any atom is -0.346 e. The number of aromatic amines is 1. The van der Waals surface area contributed by atoms with E-state index in [-0.39, 0.29) is 5.91 Å². The molecule has 0 bridgehead atoms. The molecule has 7 nitrogen and oxygen atoms in total. The zero-order valence-electron chi connectivity index (χ0n) is 10.9. The third kappa shape index (κ3) is 2.20. The van der Waals surface area contributed by atoms with Crippen molar-refractivity contribution >= 4 is 5.91 Å². The van der Waals surface area contributed by atoms with Crippen molar-refractivity contribution in [2.75, 3.05) is 0 Å².